The van der Waals surface area contributed by atoms with Crippen LogP contribution in [0.5, 0.6) is 0 Å². The van der Waals surface area contributed by atoms with Crippen LogP contribution < -0.4 is 5.55 Å². The zero-order valence-corrected chi connectivity index (χ0v) is 3.72. The van der Waals surface area contributed by atoms with Gasteiger partial charge in [-0.25, -0.2) is 0 Å². The SMILES string of the molecule is N=c1cccco1. The highest BCUT2D eigenvalue weighted by atomic mass is 16.3. The van der Waals surface area contributed by atoms with Crippen LogP contribution in [-0.4, -0.2) is 0 Å². The van der Waals surface area contributed by atoms with Gasteiger partial charge in [-0.3, -0.25) is 5.41 Å². The first kappa shape index (κ1) is 4.12. The van der Waals surface area contributed by atoms with Gasteiger partial charge in [-0.2, -0.15) is 0 Å². The Balaban J connectivity index is 3.28. The van der Waals surface area contributed by atoms with E-state index in [1.807, 2.05) is 0 Å². The molecule has 0 spiro atoms. The molecule has 0 fully saturated rings. The Kier molecular flexibility index (Phi) is 0.941. The Bertz CT molecular complexity index is 174. The first-order valence-electron chi connectivity index (χ1n) is 1.98. The summed E-state index contributed by atoms with van der Waals surface area (Å²) in [6.07, 6.45) is 1.47. The third kappa shape index (κ3) is 0.892. The molecule has 1 aromatic rings. The predicted octanol–water partition coefficient (Wildman–Crippen LogP) is 0.759. The third-order valence-corrected chi connectivity index (χ3v) is 0.632. The summed E-state index contributed by atoms with van der Waals surface area (Å²) in [5.74, 6) is 0. The number of hydrogen-bond donors (Lipinski definition) is 1. The zero-order chi connectivity index (χ0) is 5.11. The summed E-state index contributed by atoms with van der Waals surface area (Å²) in [7, 11) is 0. The maximum Gasteiger partial charge on any atom is 0.210 e. The quantitative estimate of drug-likeness (QED) is 0.507. The molecule has 2 heteroatoms. The molecule has 0 bridgehead atoms. The second kappa shape index (κ2) is 1.60. The van der Waals surface area contributed by atoms with Crippen LogP contribution >= 0.6 is 0 Å². The molecule has 2 nitrogen and oxygen atoms in total. The summed E-state index contributed by atoms with van der Waals surface area (Å²) in [6.45, 7) is 0. The minimum absolute atomic E-state index is 0.197. The van der Waals surface area contributed by atoms with Gasteiger partial charge >= 0.3 is 0 Å². The fourth-order valence-electron chi connectivity index (χ4n) is 0.340. The van der Waals surface area contributed by atoms with Crippen molar-refractivity contribution in [2.45, 2.75) is 0 Å². The normalized spacial score (nSPS) is 8.57. The van der Waals surface area contributed by atoms with Crippen molar-refractivity contribution in [1.29, 1.82) is 5.41 Å². The summed E-state index contributed by atoms with van der Waals surface area (Å²) >= 11 is 0. The minimum atomic E-state index is 0.197. The average Bonchev–Trinajstić information content (AvgIpc) is 1.69. The fraction of sp³-hybridized carbons (Fsp3) is 0. The van der Waals surface area contributed by atoms with Crippen molar-refractivity contribution in [1.82, 2.24) is 0 Å². The highest BCUT2D eigenvalue weighted by molar-refractivity contribution is 4.83. The Morgan fingerprint density at radius 1 is 1.43 bits per heavy atom. The van der Waals surface area contributed by atoms with Gasteiger partial charge in [0, 0.05) is 6.07 Å². The molecule has 0 unspecified atom stereocenters. The van der Waals surface area contributed by atoms with Crippen LogP contribution in [0.3, 0.4) is 0 Å². The van der Waals surface area contributed by atoms with Gasteiger partial charge in [0.2, 0.25) is 5.55 Å². The van der Waals surface area contributed by atoms with Gasteiger partial charge in [0.15, 0.2) is 0 Å². The van der Waals surface area contributed by atoms with Gasteiger partial charge in [-0.15, -0.1) is 0 Å². The van der Waals surface area contributed by atoms with Crippen molar-refractivity contribution in [2.75, 3.05) is 0 Å². The molecule has 0 aliphatic heterocycles. The Labute approximate surface area is 40.9 Å². The van der Waals surface area contributed by atoms with Crippen LogP contribution in [0, 0.1) is 5.41 Å². The van der Waals surface area contributed by atoms with Crippen LogP contribution in [0.4, 0.5) is 0 Å². The van der Waals surface area contributed by atoms with Crippen molar-refractivity contribution in [3.05, 3.63) is 30.0 Å². The molecule has 36 valence electrons. The standard InChI is InChI=1S/C5H5NO/c6-5-3-1-2-4-7-5/h1-4,6H. The Morgan fingerprint density at radius 2 is 2.29 bits per heavy atom. The molecule has 1 N–H and O–H groups in total. The summed E-state index contributed by atoms with van der Waals surface area (Å²) in [5.41, 5.74) is 0.197. The Hall–Kier alpha value is -1.05. The molecule has 0 saturated carbocycles. The largest absolute Gasteiger partial charge is 0.447 e. The van der Waals surface area contributed by atoms with E-state index in [1.54, 1.807) is 18.2 Å². The zero-order valence-electron chi connectivity index (χ0n) is 3.72. The van der Waals surface area contributed by atoms with E-state index in [0.29, 0.717) is 0 Å². The maximum absolute atomic E-state index is 6.83. The molecule has 7 heavy (non-hydrogen) atoms. The van der Waals surface area contributed by atoms with Crippen LogP contribution in [0.25, 0.3) is 0 Å². The molecule has 0 aliphatic carbocycles. The number of rotatable bonds is 0. The van der Waals surface area contributed by atoms with Gasteiger partial charge in [0.05, 0.1) is 6.26 Å². The van der Waals surface area contributed by atoms with Gasteiger partial charge < -0.3 is 4.42 Å². The van der Waals surface area contributed by atoms with E-state index in [9.17, 15) is 0 Å². The van der Waals surface area contributed by atoms with E-state index in [-0.39, 0.29) is 5.55 Å². The molecule has 1 rings (SSSR count). The molecule has 1 aromatic heterocycles. The molecular formula is C5H5NO. The van der Waals surface area contributed by atoms with Crippen molar-refractivity contribution in [3.63, 3.8) is 0 Å². The maximum atomic E-state index is 6.83. The second-order valence-corrected chi connectivity index (χ2v) is 1.17. The van der Waals surface area contributed by atoms with Crippen LogP contribution in [0.1, 0.15) is 0 Å². The van der Waals surface area contributed by atoms with Gasteiger partial charge in [0.1, 0.15) is 0 Å². The first-order chi connectivity index (χ1) is 3.39. The van der Waals surface area contributed by atoms with Crippen LogP contribution in [0.15, 0.2) is 28.9 Å². The highest BCUT2D eigenvalue weighted by Crippen LogP contribution is 1.72. The lowest BCUT2D eigenvalue weighted by atomic mass is 10.5. The molecule has 0 aromatic carbocycles. The van der Waals surface area contributed by atoms with Gasteiger partial charge in [-0.1, -0.05) is 6.07 Å². The van der Waals surface area contributed by atoms with Crippen molar-refractivity contribution in [2.24, 2.45) is 0 Å². The first-order valence-corrected chi connectivity index (χ1v) is 1.98. The summed E-state index contributed by atoms with van der Waals surface area (Å²) in [4.78, 5) is 0. The number of hydrogen-bond acceptors (Lipinski definition) is 2. The fourth-order valence-corrected chi connectivity index (χ4v) is 0.340. The third-order valence-electron chi connectivity index (χ3n) is 0.632. The lowest BCUT2D eigenvalue weighted by Gasteiger charge is -1.75. The van der Waals surface area contributed by atoms with Crippen LogP contribution in [-0.2, 0) is 0 Å². The van der Waals surface area contributed by atoms with E-state index in [4.69, 9.17) is 5.41 Å². The van der Waals surface area contributed by atoms with Crippen molar-refractivity contribution < 1.29 is 4.42 Å². The molecule has 0 saturated heterocycles. The summed E-state index contributed by atoms with van der Waals surface area (Å²) in [5, 5.41) is 6.83. The summed E-state index contributed by atoms with van der Waals surface area (Å²) in [6, 6.07) is 5.07. The minimum Gasteiger partial charge on any atom is -0.447 e. The van der Waals surface area contributed by atoms with E-state index >= 15 is 0 Å². The number of nitrogens with one attached hydrogen (secondary N) is 1. The van der Waals surface area contributed by atoms with Crippen LogP contribution in [0.2, 0.25) is 0 Å². The van der Waals surface area contributed by atoms with E-state index in [1.165, 1.54) is 6.26 Å². The molecule has 0 amide bonds. The van der Waals surface area contributed by atoms with Crippen molar-refractivity contribution >= 4 is 0 Å². The molecule has 0 aliphatic rings. The molecule has 0 radical (unpaired) electrons. The molecular weight excluding hydrogens is 90.1 g/mol. The molecule has 0 atom stereocenters. The van der Waals surface area contributed by atoms with E-state index in [0.717, 1.165) is 0 Å². The van der Waals surface area contributed by atoms with E-state index < -0.39 is 0 Å². The Morgan fingerprint density at radius 3 is 2.57 bits per heavy atom. The lowest BCUT2D eigenvalue weighted by Crippen LogP contribution is -1.91. The monoisotopic (exact) mass is 95.0 g/mol. The second-order valence-electron chi connectivity index (χ2n) is 1.17. The summed E-state index contributed by atoms with van der Waals surface area (Å²) < 4.78 is 4.59. The van der Waals surface area contributed by atoms with Crippen molar-refractivity contribution in [3.8, 4) is 0 Å². The smallest absolute Gasteiger partial charge is 0.210 e. The van der Waals surface area contributed by atoms with Gasteiger partial charge in [0.25, 0.3) is 0 Å². The molecule has 1 heterocycles. The topological polar surface area (TPSA) is 37.0 Å². The van der Waals surface area contributed by atoms with E-state index in [2.05, 4.69) is 4.42 Å². The lowest BCUT2D eigenvalue weighted by molar-refractivity contribution is 0.486. The predicted molar refractivity (Wildman–Crippen MR) is 24.6 cm³/mol. The average molecular weight is 95.1 g/mol. The highest BCUT2D eigenvalue weighted by Gasteiger charge is 1.68. The van der Waals surface area contributed by atoms with Gasteiger partial charge in [-0.05, 0) is 6.07 Å².